The lowest BCUT2D eigenvalue weighted by Crippen LogP contribution is -2.43. The summed E-state index contributed by atoms with van der Waals surface area (Å²) in [5.41, 5.74) is 0.715. The summed E-state index contributed by atoms with van der Waals surface area (Å²) in [5.74, 6) is -0.637. The number of nitrogens with one attached hydrogen (secondary N) is 1. The second-order valence-corrected chi connectivity index (χ2v) is 8.22. The van der Waals surface area contributed by atoms with Crippen LogP contribution in [0.15, 0.2) is 12.1 Å². The molecule has 3 heterocycles. The number of carbonyl (C=O) groups excluding carboxylic acids is 1. The van der Waals surface area contributed by atoms with E-state index >= 15 is 0 Å². The van der Waals surface area contributed by atoms with Gasteiger partial charge in [-0.1, -0.05) is 0 Å². The van der Waals surface area contributed by atoms with E-state index in [1.165, 1.54) is 0 Å². The molecule has 0 aliphatic carbocycles. The predicted molar refractivity (Wildman–Crippen MR) is 83.6 cm³/mol. The number of aliphatic hydroxyl groups is 1. The lowest BCUT2D eigenvalue weighted by atomic mass is 9.95. The molecule has 2 aromatic heterocycles. The number of ether oxygens (including phenoxy) is 1. The number of aliphatic hydroxyl groups excluding tert-OH is 1. The number of carbonyl (C=O) groups is 1. The van der Waals surface area contributed by atoms with Crippen molar-refractivity contribution < 1.29 is 14.6 Å². The Labute approximate surface area is 131 Å². The van der Waals surface area contributed by atoms with E-state index in [4.69, 9.17) is 4.74 Å². The van der Waals surface area contributed by atoms with Crippen LogP contribution < -0.4 is 5.32 Å². The summed E-state index contributed by atoms with van der Waals surface area (Å²) in [6.45, 7) is 8.05. The molecule has 1 unspecified atom stereocenters. The van der Waals surface area contributed by atoms with Gasteiger partial charge in [0.2, 0.25) is 12.0 Å². The normalized spacial score (nSPS) is 20.8. The van der Waals surface area contributed by atoms with Crippen molar-refractivity contribution in [1.29, 1.82) is 0 Å². The van der Waals surface area contributed by atoms with Gasteiger partial charge in [0, 0.05) is 30.6 Å². The Hall–Kier alpha value is -1.21. The highest BCUT2D eigenvalue weighted by Crippen LogP contribution is 2.43. The number of aryl methyl sites for hydroxylation is 4. The molecule has 1 aliphatic heterocycles. The van der Waals surface area contributed by atoms with E-state index in [-0.39, 0.29) is 0 Å². The van der Waals surface area contributed by atoms with Gasteiger partial charge in [-0.3, -0.25) is 0 Å². The van der Waals surface area contributed by atoms with E-state index in [9.17, 15) is 9.90 Å². The molecule has 2 aromatic rings. The Morgan fingerprint density at radius 2 is 1.57 bits per heavy atom. The van der Waals surface area contributed by atoms with E-state index < -0.39 is 17.9 Å². The van der Waals surface area contributed by atoms with Crippen molar-refractivity contribution in [2.75, 3.05) is 0 Å². The van der Waals surface area contributed by atoms with Crippen molar-refractivity contribution >= 4 is 28.6 Å². The van der Waals surface area contributed by atoms with Gasteiger partial charge < -0.3 is 9.84 Å². The monoisotopic (exact) mass is 323 g/mol. The first-order valence-corrected chi connectivity index (χ1v) is 8.30. The molecule has 0 saturated carbocycles. The Kier molecular flexibility index (Phi) is 3.44. The molecule has 3 rings (SSSR count). The predicted octanol–water partition coefficient (Wildman–Crippen LogP) is 2.71. The van der Waals surface area contributed by atoms with Crippen LogP contribution in [-0.2, 0) is 15.3 Å². The molecule has 1 saturated heterocycles. The highest BCUT2D eigenvalue weighted by atomic mass is 32.1. The fourth-order valence-corrected chi connectivity index (χ4v) is 4.80. The minimum absolute atomic E-state index is 0.637. The van der Waals surface area contributed by atoms with Crippen LogP contribution in [0.3, 0.4) is 0 Å². The van der Waals surface area contributed by atoms with Crippen LogP contribution in [0.25, 0.3) is 0 Å². The fraction of sp³-hybridized carbons (Fsp3) is 0.400. The maximum absolute atomic E-state index is 11.8. The molecule has 6 heteroatoms. The van der Waals surface area contributed by atoms with E-state index in [1.54, 1.807) is 22.7 Å². The molecule has 1 aliphatic rings. The largest absolute Gasteiger partial charge is 0.432 e. The number of esters is 1. The molecule has 2 N–H and O–H groups in total. The Bertz CT molecular complexity index is 670. The summed E-state index contributed by atoms with van der Waals surface area (Å²) in [6, 6.07) is 4.04. The second-order valence-electron chi connectivity index (χ2n) is 5.30. The van der Waals surface area contributed by atoms with Gasteiger partial charge in [-0.05, 0) is 39.8 Å². The van der Waals surface area contributed by atoms with Crippen molar-refractivity contribution in [3.63, 3.8) is 0 Å². The maximum atomic E-state index is 11.8. The summed E-state index contributed by atoms with van der Waals surface area (Å²) in [6.07, 6.45) is -1.30. The van der Waals surface area contributed by atoms with E-state index in [1.807, 2.05) is 39.8 Å². The molecule has 21 heavy (non-hydrogen) atoms. The first kappa shape index (κ1) is 14.7. The zero-order chi connectivity index (χ0) is 15.4. The number of thiophene rings is 2. The quantitative estimate of drug-likeness (QED) is 0.834. The number of cyclic esters (lactones) is 1. The van der Waals surface area contributed by atoms with Crippen LogP contribution in [0.2, 0.25) is 0 Å². The standard InChI is InChI=1S/C15H17NO3S2/c1-7-5-11(9(3)20-7)15(16-13(17)14(18)19-15)12-6-8(2)21-10(12)4/h5-6,13,16-17H,1-4H3. The van der Waals surface area contributed by atoms with Crippen molar-refractivity contribution in [3.8, 4) is 0 Å². The van der Waals surface area contributed by atoms with Crippen LogP contribution in [0.4, 0.5) is 0 Å². The summed E-state index contributed by atoms with van der Waals surface area (Å²) >= 11 is 3.31. The van der Waals surface area contributed by atoms with Crippen molar-refractivity contribution in [1.82, 2.24) is 5.32 Å². The number of rotatable bonds is 2. The average molecular weight is 323 g/mol. The summed E-state index contributed by atoms with van der Waals surface area (Å²) in [4.78, 5) is 16.3. The van der Waals surface area contributed by atoms with Crippen molar-refractivity contribution in [2.24, 2.45) is 0 Å². The second kappa shape index (κ2) is 4.91. The highest BCUT2D eigenvalue weighted by molar-refractivity contribution is 7.12. The molecule has 112 valence electrons. The zero-order valence-electron chi connectivity index (χ0n) is 12.3. The van der Waals surface area contributed by atoms with Gasteiger partial charge in [0.05, 0.1) is 0 Å². The van der Waals surface area contributed by atoms with Crippen LogP contribution in [-0.4, -0.2) is 17.3 Å². The minimum Gasteiger partial charge on any atom is -0.432 e. The molecule has 1 atom stereocenters. The first-order chi connectivity index (χ1) is 9.83. The van der Waals surface area contributed by atoms with Gasteiger partial charge in [0.1, 0.15) is 0 Å². The zero-order valence-corrected chi connectivity index (χ0v) is 13.9. The van der Waals surface area contributed by atoms with Crippen LogP contribution in [0.5, 0.6) is 0 Å². The lowest BCUT2D eigenvalue weighted by molar-refractivity contribution is -0.151. The lowest BCUT2D eigenvalue weighted by Gasteiger charge is -2.28. The van der Waals surface area contributed by atoms with Crippen molar-refractivity contribution in [3.05, 3.63) is 42.8 Å². The topological polar surface area (TPSA) is 58.6 Å². The number of hydrogen-bond donors (Lipinski definition) is 2. The first-order valence-electron chi connectivity index (χ1n) is 6.67. The number of hydrogen-bond acceptors (Lipinski definition) is 6. The third-order valence-corrected chi connectivity index (χ3v) is 5.59. The summed E-state index contributed by atoms with van der Waals surface area (Å²) in [7, 11) is 0. The minimum atomic E-state index is -1.30. The Morgan fingerprint density at radius 1 is 1.10 bits per heavy atom. The summed E-state index contributed by atoms with van der Waals surface area (Å²) < 4.78 is 5.63. The average Bonchev–Trinajstić information content (AvgIpc) is 2.99. The summed E-state index contributed by atoms with van der Waals surface area (Å²) in [5, 5.41) is 12.8. The molecule has 0 aromatic carbocycles. The highest BCUT2D eigenvalue weighted by Gasteiger charge is 2.50. The van der Waals surface area contributed by atoms with E-state index in [2.05, 4.69) is 5.32 Å². The molecule has 1 fully saturated rings. The van der Waals surface area contributed by atoms with E-state index in [0.717, 1.165) is 30.6 Å². The molecule has 4 nitrogen and oxygen atoms in total. The smallest absolute Gasteiger partial charge is 0.352 e. The Morgan fingerprint density at radius 3 is 1.86 bits per heavy atom. The van der Waals surface area contributed by atoms with Crippen LogP contribution >= 0.6 is 22.7 Å². The SMILES string of the molecule is Cc1cc(C2(c3cc(C)sc3C)NC(O)C(=O)O2)c(C)s1. The van der Waals surface area contributed by atoms with Gasteiger partial charge in [-0.15, -0.1) is 22.7 Å². The molecule has 0 amide bonds. The van der Waals surface area contributed by atoms with Gasteiger partial charge >= 0.3 is 5.97 Å². The molecule has 0 bridgehead atoms. The molecule has 0 spiro atoms. The molecular weight excluding hydrogens is 306 g/mol. The van der Waals surface area contributed by atoms with Gasteiger partial charge in [-0.2, -0.15) is 0 Å². The van der Waals surface area contributed by atoms with Gasteiger partial charge in [0.25, 0.3) is 0 Å². The van der Waals surface area contributed by atoms with Gasteiger partial charge in [-0.25, -0.2) is 10.1 Å². The van der Waals surface area contributed by atoms with E-state index in [0.29, 0.717) is 0 Å². The third-order valence-electron chi connectivity index (χ3n) is 3.66. The maximum Gasteiger partial charge on any atom is 0.352 e. The molecule has 0 radical (unpaired) electrons. The molecular formula is C15H17NO3S2. The Balaban J connectivity index is 2.24. The van der Waals surface area contributed by atoms with Crippen LogP contribution in [0, 0.1) is 27.7 Å². The van der Waals surface area contributed by atoms with Gasteiger partial charge in [0.15, 0.2) is 0 Å². The van der Waals surface area contributed by atoms with Crippen molar-refractivity contribution in [2.45, 2.75) is 39.6 Å². The third kappa shape index (κ3) is 2.23. The van der Waals surface area contributed by atoms with Crippen LogP contribution in [0.1, 0.15) is 30.6 Å². The fourth-order valence-electron chi connectivity index (χ4n) is 2.86.